The summed E-state index contributed by atoms with van der Waals surface area (Å²) in [6.45, 7) is 1.67. The summed E-state index contributed by atoms with van der Waals surface area (Å²) in [6, 6.07) is 10.3. The maximum Gasteiger partial charge on any atom is 0.129 e. The summed E-state index contributed by atoms with van der Waals surface area (Å²) in [6.07, 6.45) is 0. The minimum atomic E-state index is 0.644. The molecule has 0 spiro atoms. The highest BCUT2D eigenvalue weighted by atomic mass is 79.9. The molecule has 1 aliphatic rings. The van der Waals surface area contributed by atoms with Crippen LogP contribution in [0.3, 0.4) is 0 Å². The maximum atomic E-state index is 8.16. The summed E-state index contributed by atoms with van der Waals surface area (Å²) >= 11 is 5.20. The third-order valence-corrected chi connectivity index (χ3v) is 4.60. The van der Waals surface area contributed by atoms with Gasteiger partial charge >= 0.3 is 0 Å². The van der Waals surface area contributed by atoms with Crippen molar-refractivity contribution in [3.8, 4) is 0 Å². The van der Waals surface area contributed by atoms with Crippen molar-refractivity contribution in [2.24, 2.45) is 0 Å². The quantitative estimate of drug-likeness (QED) is 0.896. The van der Waals surface area contributed by atoms with Gasteiger partial charge in [0.1, 0.15) is 5.84 Å². The van der Waals surface area contributed by atoms with Crippen molar-refractivity contribution in [3.63, 3.8) is 0 Å². The second-order valence-corrected chi connectivity index (χ2v) is 6.00. The van der Waals surface area contributed by atoms with Crippen molar-refractivity contribution in [1.29, 1.82) is 5.41 Å². The van der Waals surface area contributed by atoms with Crippen LogP contribution in [0.2, 0.25) is 0 Å². The van der Waals surface area contributed by atoms with Gasteiger partial charge in [0, 0.05) is 26.8 Å². The largest absolute Gasteiger partial charge is 0.347 e. The van der Waals surface area contributed by atoms with E-state index in [4.69, 9.17) is 5.41 Å². The zero-order valence-corrected chi connectivity index (χ0v) is 11.5. The molecule has 0 saturated heterocycles. The highest BCUT2D eigenvalue weighted by molar-refractivity contribution is 9.10. The third-order valence-electron chi connectivity index (χ3n) is 2.92. The molecule has 0 atom stereocenters. The van der Waals surface area contributed by atoms with Gasteiger partial charge in [-0.1, -0.05) is 24.3 Å². The van der Waals surface area contributed by atoms with Crippen LogP contribution in [0, 0.1) is 5.41 Å². The van der Waals surface area contributed by atoms with E-state index in [1.54, 1.807) is 11.3 Å². The van der Waals surface area contributed by atoms with Crippen LogP contribution in [-0.2, 0) is 13.1 Å². The summed E-state index contributed by atoms with van der Waals surface area (Å²) in [5, 5.41) is 10.2. The fourth-order valence-electron chi connectivity index (χ4n) is 2.10. The number of hydrogen-bond donors (Lipinski definition) is 1. The molecule has 86 valence electrons. The molecule has 2 heterocycles. The molecule has 17 heavy (non-hydrogen) atoms. The number of hydrogen-bond acceptors (Lipinski definition) is 2. The van der Waals surface area contributed by atoms with E-state index in [-0.39, 0.29) is 0 Å². The van der Waals surface area contributed by atoms with E-state index in [0.29, 0.717) is 5.84 Å². The standard InChI is InChI=1S/C13H11BrN2S/c14-10-5-11(17-8-10)7-16-6-9-3-1-2-4-12(9)13(16)15/h1-5,8,15H,6-7H2. The molecule has 2 aromatic rings. The smallest absolute Gasteiger partial charge is 0.129 e. The van der Waals surface area contributed by atoms with Crippen molar-refractivity contribution in [2.75, 3.05) is 0 Å². The van der Waals surface area contributed by atoms with Crippen LogP contribution in [0.25, 0.3) is 0 Å². The number of benzene rings is 1. The number of amidine groups is 1. The van der Waals surface area contributed by atoms with Crippen LogP contribution < -0.4 is 0 Å². The number of fused-ring (bicyclic) bond motifs is 1. The van der Waals surface area contributed by atoms with Crippen LogP contribution >= 0.6 is 27.3 Å². The van der Waals surface area contributed by atoms with Crippen LogP contribution in [-0.4, -0.2) is 10.7 Å². The van der Waals surface area contributed by atoms with Gasteiger partial charge in [0.05, 0.1) is 6.54 Å². The molecule has 1 aromatic heterocycles. The Bertz CT molecular complexity index is 576. The van der Waals surface area contributed by atoms with Crippen molar-refractivity contribution in [1.82, 2.24) is 4.90 Å². The lowest BCUT2D eigenvalue weighted by Crippen LogP contribution is -2.22. The van der Waals surface area contributed by atoms with Gasteiger partial charge in [0.2, 0.25) is 0 Å². The molecule has 1 aliphatic heterocycles. The van der Waals surface area contributed by atoms with Crippen LogP contribution in [0.15, 0.2) is 40.2 Å². The minimum Gasteiger partial charge on any atom is -0.347 e. The molecule has 4 heteroatoms. The highest BCUT2D eigenvalue weighted by Gasteiger charge is 2.23. The van der Waals surface area contributed by atoms with E-state index < -0.39 is 0 Å². The van der Waals surface area contributed by atoms with Gasteiger partial charge in [0.15, 0.2) is 0 Å². The van der Waals surface area contributed by atoms with E-state index in [1.807, 2.05) is 18.2 Å². The van der Waals surface area contributed by atoms with Gasteiger partial charge < -0.3 is 4.90 Å². The topological polar surface area (TPSA) is 27.1 Å². The normalized spacial score (nSPS) is 14.2. The summed E-state index contributed by atoms with van der Waals surface area (Å²) < 4.78 is 1.13. The minimum absolute atomic E-state index is 0.644. The van der Waals surface area contributed by atoms with Gasteiger partial charge in [0.25, 0.3) is 0 Å². The average molecular weight is 307 g/mol. The van der Waals surface area contributed by atoms with Crippen LogP contribution in [0.5, 0.6) is 0 Å². The Morgan fingerprint density at radius 3 is 2.88 bits per heavy atom. The molecular formula is C13H11BrN2S. The first-order chi connectivity index (χ1) is 8.24. The Morgan fingerprint density at radius 2 is 2.18 bits per heavy atom. The Labute approximate surface area is 113 Å². The number of halogens is 1. The van der Waals surface area contributed by atoms with Crippen LogP contribution in [0.1, 0.15) is 16.0 Å². The Balaban J connectivity index is 1.82. The summed E-state index contributed by atoms with van der Waals surface area (Å²) in [7, 11) is 0. The molecule has 0 saturated carbocycles. The van der Waals surface area contributed by atoms with Crippen LogP contribution in [0.4, 0.5) is 0 Å². The second-order valence-electron chi connectivity index (χ2n) is 4.09. The van der Waals surface area contributed by atoms with Crippen molar-refractivity contribution in [3.05, 3.63) is 56.2 Å². The molecule has 2 nitrogen and oxygen atoms in total. The molecular weight excluding hydrogens is 296 g/mol. The van der Waals surface area contributed by atoms with Crippen molar-refractivity contribution in [2.45, 2.75) is 13.1 Å². The first-order valence-electron chi connectivity index (χ1n) is 5.39. The fourth-order valence-corrected chi connectivity index (χ4v) is 3.57. The van der Waals surface area contributed by atoms with Crippen molar-refractivity contribution < 1.29 is 0 Å². The van der Waals surface area contributed by atoms with Gasteiger partial charge in [-0.25, -0.2) is 0 Å². The number of thiophene rings is 1. The van der Waals surface area contributed by atoms with E-state index in [0.717, 1.165) is 23.1 Å². The summed E-state index contributed by atoms with van der Waals surface area (Å²) in [4.78, 5) is 3.40. The third kappa shape index (κ3) is 2.03. The monoisotopic (exact) mass is 306 g/mol. The Hall–Kier alpha value is -1.13. The molecule has 0 bridgehead atoms. The second kappa shape index (κ2) is 4.27. The highest BCUT2D eigenvalue weighted by Crippen LogP contribution is 2.27. The van der Waals surface area contributed by atoms with Gasteiger partial charge in [-0.2, -0.15) is 0 Å². The molecule has 0 aliphatic carbocycles. The van der Waals surface area contributed by atoms with E-state index in [2.05, 4.69) is 38.3 Å². The predicted octanol–water partition coefficient (Wildman–Crippen LogP) is 3.85. The lowest BCUT2D eigenvalue weighted by molar-refractivity contribution is 0.426. The summed E-state index contributed by atoms with van der Waals surface area (Å²) in [5.74, 6) is 0.644. The first kappa shape index (κ1) is 11.0. The van der Waals surface area contributed by atoms with E-state index in [9.17, 15) is 0 Å². The predicted molar refractivity (Wildman–Crippen MR) is 74.5 cm³/mol. The SMILES string of the molecule is N=C1c2ccccc2CN1Cc1cc(Br)cs1. The van der Waals surface area contributed by atoms with E-state index >= 15 is 0 Å². The fraction of sp³-hybridized carbons (Fsp3) is 0.154. The van der Waals surface area contributed by atoms with Gasteiger partial charge in [-0.05, 0) is 27.6 Å². The molecule has 1 N–H and O–H groups in total. The molecule has 1 aromatic carbocycles. The van der Waals surface area contributed by atoms with E-state index in [1.165, 1.54) is 10.4 Å². The number of nitrogens with one attached hydrogen (secondary N) is 1. The first-order valence-corrected chi connectivity index (χ1v) is 7.06. The number of nitrogens with zero attached hydrogens (tertiary/aromatic N) is 1. The zero-order chi connectivity index (χ0) is 11.8. The Morgan fingerprint density at radius 1 is 1.35 bits per heavy atom. The Kier molecular flexibility index (Phi) is 2.76. The molecule has 0 fully saturated rings. The maximum absolute atomic E-state index is 8.16. The van der Waals surface area contributed by atoms with Gasteiger partial charge in [-0.3, -0.25) is 5.41 Å². The molecule has 3 rings (SSSR count). The van der Waals surface area contributed by atoms with Gasteiger partial charge in [-0.15, -0.1) is 11.3 Å². The molecule has 0 amide bonds. The lowest BCUT2D eigenvalue weighted by Gasteiger charge is -2.16. The average Bonchev–Trinajstić information content (AvgIpc) is 2.86. The molecule has 0 radical (unpaired) electrons. The zero-order valence-electron chi connectivity index (χ0n) is 9.11. The number of rotatable bonds is 2. The molecule has 0 unspecified atom stereocenters. The van der Waals surface area contributed by atoms with Crippen molar-refractivity contribution >= 4 is 33.1 Å². The lowest BCUT2D eigenvalue weighted by atomic mass is 10.1. The summed E-state index contributed by atoms with van der Waals surface area (Å²) in [5.41, 5.74) is 2.33.